The van der Waals surface area contributed by atoms with Gasteiger partial charge in [-0.3, -0.25) is 0 Å². The van der Waals surface area contributed by atoms with Crippen LogP contribution in [0.3, 0.4) is 0 Å². The SMILES string of the molecule is Cc1cccc(-c2nnc3n2CCNC3)c1Cl. The van der Waals surface area contributed by atoms with Crippen molar-refractivity contribution in [3.8, 4) is 11.4 Å². The second kappa shape index (κ2) is 4.13. The van der Waals surface area contributed by atoms with Gasteiger partial charge in [-0.05, 0) is 18.6 Å². The van der Waals surface area contributed by atoms with Gasteiger partial charge in [-0.15, -0.1) is 10.2 Å². The number of hydrogen-bond acceptors (Lipinski definition) is 3. The molecule has 0 saturated carbocycles. The third-order valence-electron chi connectivity index (χ3n) is 3.06. The van der Waals surface area contributed by atoms with E-state index in [1.54, 1.807) is 0 Å². The molecule has 88 valence electrons. The topological polar surface area (TPSA) is 42.7 Å². The first-order chi connectivity index (χ1) is 8.27. The monoisotopic (exact) mass is 248 g/mol. The van der Waals surface area contributed by atoms with Crippen molar-refractivity contribution in [2.75, 3.05) is 6.54 Å². The van der Waals surface area contributed by atoms with Crippen molar-refractivity contribution in [3.05, 3.63) is 34.6 Å². The van der Waals surface area contributed by atoms with Gasteiger partial charge in [-0.2, -0.15) is 0 Å². The van der Waals surface area contributed by atoms with Crippen LogP contribution in [0, 0.1) is 6.92 Å². The summed E-state index contributed by atoms with van der Waals surface area (Å²) in [4.78, 5) is 0. The Morgan fingerprint density at radius 3 is 3.12 bits per heavy atom. The van der Waals surface area contributed by atoms with Gasteiger partial charge in [-0.25, -0.2) is 0 Å². The van der Waals surface area contributed by atoms with Gasteiger partial charge >= 0.3 is 0 Å². The molecule has 2 heterocycles. The number of benzene rings is 1. The van der Waals surface area contributed by atoms with Gasteiger partial charge in [0.15, 0.2) is 5.82 Å². The molecule has 0 atom stereocenters. The van der Waals surface area contributed by atoms with Crippen LogP contribution in [0.2, 0.25) is 5.02 Å². The quantitative estimate of drug-likeness (QED) is 0.840. The van der Waals surface area contributed by atoms with Crippen LogP contribution in [-0.4, -0.2) is 21.3 Å². The molecule has 0 aliphatic carbocycles. The van der Waals surface area contributed by atoms with Crippen molar-refractivity contribution in [3.63, 3.8) is 0 Å². The molecular formula is C12H13ClN4. The maximum atomic E-state index is 6.33. The Bertz CT molecular complexity index is 562. The van der Waals surface area contributed by atoms with Gasteiger partial charge in [0.05, 0.1) is 11.6 Å². The lowest BCUT2D eigenvalue weighted by atomic mass is 10.1. The largest absolute Gasteiger partial charge is 0.309 e. The van der Waals surface area contributed by atoms with Gasteiger partial charge in [0.1, 0.15) is 5.82 Å². The van der Waals surface area contributed by atoms with E-state index in [9.17, 15) is 0 Å². The van der Waals surface area contributed by atoms with Crippen LogP contribution in [-0.2, 0) is 13.1 Å². The third kappa shape index (κ3) is 1.73. The molecule has 0 spiro atoms. The van der Waals surface area contributed by atoms with Gasteiger partial charge in [0.25, 0.3) is 0 Å². The molecule has 1 N–H and O–H groups in total. The van der Waals surface area contributed by atoms with Crippen molar-refractivity contribution in [1.29, 1.82) is 0 Å². The minimum absolute atomic E-state index is 0.765. The Labute approximate surface area is 105 Å². The lowest BCUT2D eigenvalue weighted by Crippen LogP contribution is -2.28. The molecule has 2 aromatic rings. The van der Waals surface area contributed by atoms with E-state index in [2.05, 4.69) is 20.1 Å². The first kappa shape index (κ1) is 10.7. The highest BCUT2D eigenvalue weighted by atomic mass is 35.5. The molecule has 0 radical (unpaired) electrons. The Morgan fingerprint density at radius 2 is 2.24 bits per heavy atom. The number of nitrogens with zero attached hydrogens (tertiary/aromatic N) is 3. The summed E-state index contributed by atoms with van der Waals surface area (Å²) in [7, 11) is 0. The lowest BCUT2D eigenvalue weighted by molar-refractivity contribution is 0.508. The molecule has 0 bridgehead atoms. The van der Waals surface area contributed by atoms with Crippen molar-refractivity contribution < 1.29 is 0 Å². The van der Waals surface area contributed by atoms with E-state index in [0.29, 0.717) is 0 Å². The molecule has 1 aromatic carbocycles. The van der Waals surface area contributed by atoms with E-state index >= 15 is 0 Å². The summed E-state index contributed by atoms with van der Waals surface area (Å²) in [5.41, 5.74) is 2.03. The first-order valence-corrected chi connectivity index (χ1v) is 6.03. The van der Waals surface area contributed by atoms with E-state index in [-0.39, 0.29) is 0 Å². The summed E-state index contributed by atoms with van der Waals surface area (Å²) >= 11 is 6.33. The normalized spacial score (nSPS) is 14.7. The van der Waals surface area contributed by atoms with E-state index in [1.165, 1.54) is 0 Å². The Balaban J connectivity index is 2.15. The van der Waals surface area contributed by atoms with Crippen molar-refractivity contribution >= 4 is 11.6 Å². The minimum Gasteiger partial charge on any atom is -0.309 e. The second-order valence-electron chi connectivity index (χ2n) is 4.20. The summed E-state index contributed by atoms with van der Waals surface area (Å²) in [5.74, 6) is 1.85. The summed E-state index contributed by atoms with van der Waals surface area (Å²) in [6.45, 7) is 4.61. The molecule has 1 aromatic heterocycles. The lowest BCUT2D eigenvalue weighted by Gasteiger charge is -2.16. The smallest absolute Gasteiger partial charge is 0.165 e. The zero-order chi connectivity index (χ0) is 11.8. The number of aryl methyl sites for hydroxylation is 1. The van der Waals surface area contributed by atoms with Gasteiger partial charge in [0, 0.05) is 18.7 Å². The molecule has 0 amide bonds. The Morgan fingerprint density at radius 1 is 1.35 bits per heavy atom. The molecule has 3 rings (SSSR count). The number of rotatable bonds is 1. The van der Waals surface area contributed by atoms with Crippen molar-refractivity contribution in [2.45, 2.75) is 20.0 Å². The van der Waals surface area contributed by atoms with Crippen LogP contribution in [0.1, 0.15) is 11.4 Å². The van der Waals surface area contributed by atoms with Crippen LogP contribution >= 0.6 is 11.6 Å². The highest BCUT2D eigenvalue weighted by Gasteiger charge is 2.18. The fourth-order valence-corrected chi connectivity index (χ4v) is 2.32. The van der Waals surface area contributed by atoms with Crippen LogP contribution in [0.5, 0.6) is 0 Å². The highest BCUT2D eigenvalue weighted by molar-refractivity contribution is 6.33. The molecule has 5 heteroatoms. The molecular weight excluding hydrogens is 236 g/mol. The summed E-state index contributed by atoms with van der Waals surface area (Å²) in [6, 6.07) is 5.99. The molecule has 17 heavy (non-hydrogen) atoms. The average Bonchev–Trinajstić information content (AvgIpc) is 2.77. The van der Waals surface area contributed by atoms with E-state index in [1.807, 2.05) is 25.1 Å². The third-order valence-corrected chi connectivity index (χ3v) is 3.56. The average molecular weight is 249 g/mol. The molecule has 4 nitrogen and oxygen atoms in total. The van der Waals surface area contributed by atoms with Crippen molar-refractivity contribution in [2.24, 2.45) is 0 Å². The van der Waals surface area contributed by atoms with Gasteiger partial charge < -0.3 is 9.88 Å². The van der Waals surface area contributed by atoms with Crippen LogP contribution in [0.15, 0.2) is 18.2 Å². The Hall–Kier alpha value is -1.39. The predicted molar refractivity (Wildman–Crippen MR) is 66.9 cm³/mol. The summed E-state index contributed by atoms with van der Waals surface area (Å²) < 4.78 is 2.14. The predicted octanol–water partition coefficient (Wildman–Crippen LogP) is 2.01. The standard InChI is InChI=1S/C12H13ClN4/c1-8-3-2-4-9(11(8)13)12-16-15-10-7-14-5-6-17(10)12/h2-4,14H,5-7H2,1H3. The molecule has 0 saturated heterocycles. The second-order valence-corrected chi connectivity index (χ2v) is 4.58. The molecule has 0 unspecified atom stereocenters. The zero-order valence-electron chi connectivity index (χ0n) is 9.57. The van der Waals surface area contributed by atoms with Gasteiger partial charge in [0.2, 0.25) is 0 Å². The van der Waals surface area contributed by atoms with Crippen LogP contribution < -0.4 is 5.32 Å². The highest BCUT2D eigenvalue weighted by Crippen LogP contribution is 2.29. The minimum atomic E-state index is 0.765. The van der Waals surface area contributed by atoms with E-state index in [0.717, 1.165) is 47.4 Å². The van der Waals surface area contributed by atoms with Crippen molar-refractivity contribution in [1.82, 2.24) is 20.1 Å². The van der Waals surface area contributed by atoms with Crippen LogP contribution in [0.4, 0.5) is 0 Å². The number of nitrogens with one attached hydrogen (secondary N) is 1. The zero-order valence-corrected chi connectivity index (χ0v) is 10.3. The fraction of sp³-hybridized carbons (Fsp3) is 0.333. The Kier molecular flexibility index (Phi) is 2.61. The maximum Gasteiger partial charge on any atom is 0.165 e. The fourth-order valence-electron chi connectivity index (χ4n) is 2.11. The van der Waals surface area contributed by atoms with E-state index in [4.69, 9.17) is 11.6 Å². The first-order valence-electron chi connectivity index (χ1n) is 5.65. The number of aromatic nitrogens is 3. The number of halogens is 1. The maximum absolute atomic E-state index is 6.33. The number of fused-ring (bicyclic) bond motifs is 1. The molecule has 1 aliphatic rings. The summed E-state index contributed by atoms with van der Waals surface area (Å²) in [6.07, 6.45) is 0. The van der Waals surface area contributed by atoms with Crippen LogP contribution in [0.25, 0.3) is 11.4 Å². The van der Waals surface area contributed by atoms with E-state index < -0.39 is 0 Å². The van der Waals surface area contributed by atoms with Gasteiger partial charge in [-0.1, -0.05) is 23.7 Å². The summed E-state index contributed by atoms with van der Waals surface area (Å²) in [5, 5.41) is 12.5. The molecule has 1 aliphatic heterocycles. The molecule has 0 fully saturated rings. The number of hydrogen-bond donors (Lipinski definition) is 1.